The van der Waals surface area contributed by atoms with E-state index in [9.17, 15) is 0 Å². The zero-order valence-corrected chi connectivity index (χ0v) is 11.4. The van der Waals surface area contributed by atoms with Gasteiger partial charge in [0.25, 0.3) is 0 Å². The Morgan fingerprint density at radius 1 is 1.33 bits per heavy atom. The van der Waals surface area contributed by atoms with E-state index in [1.807, 2.05) is 6.07 Å². The summed E-state index contributed by atoms with van der Waals surface area (Å²) < 4.78 is 10.4. The molecular weight excluding hydrogens is 228 g/mol. The van der Waals surface area contributed by atoms with Crippen LogP contribution in [0.15, 0.2) is 18.2 Å². The average molecular weight is 248 g/mol. The molecular formula is C14H20N2O2. The molecule has 1 unspecified atom stereocenters. The molecule has 0 heterocycles. The first-order chi connectivity index (χ1) is 8.62. The summed E-state index contributed by atoms with van der Waals surface area (Å²) in [4.78, 5) is 0. The van der Waals surface area contributed by atoms with Gasteiger partial charge in [0.05, 0.1) is 31.0 Å². The Morgan fingerprint density at radius 3 is 2.56 bits per heavy atom. The Hall–Kier alpha value is -1.73. The number of anilines is 1. The van der Waals surface area contributed by atoms with E-state index in [1.165, 1.54) is 0 Å². The summed E-state index contributed by atoms with van der Waals surface area (Å²) in [5.41, 5.74) is 1.39. The first kappa shape index (κ1) is 14.3. The van der Waals surface area contributed by atoms with E-state index in [2.05, 4.69) is 25.2 Å². The van der Waals surface area contributed by atoms with Gasteiger partial charge in [-0.15, -0.1) is 0 Å². The van der Waals surface area contributed by atoms with Crippen LogP contribution in [0.25, 0.3) is 0 Å². The molecule has 0 spiro atoms. The van der Waals surface area contributed by atoms with E-state index in [1.54, 1.807) is 26.4 Å². The largest absolute Gasteiger partial charge is 0.497 e. The van der Waals surface area contributed by atoms with Crippen LogP contribution in [0.3, 0.4) is 0 Å². The molecule has 1 atom stereocenters. The first-order valence-corrected chi connectivity index (χ1v) is 5.96. The topological polar surface area (TPSA) is 54.3 Å². The van der Waals surface area contributed by atoms with Crippen LogP contribution in [0.5, 0.6) is 5.75 Å². The van der Waals surface area contributed by atoms with Crippen molar-refractivity contribution >= 4 is 5.69 Å². The maximum Gasteiger partial charge on any atom is 0.121 e. The Kier molecular flexibility index (Phi) is 5.47. The fourth-order valence-electron chi connectivity index (χ4n) is 1.65. The highest BCUT2D eigenvalue weighted by atomic mass is 16.5. The Labute approximate surface area is 109 Å². The van der Waals surface area contributed by atoms with Crippen LogP contribution in [0, 0.1) is 17.2 Å². The van der Waals surface area contributed by atoms with Gasteiger partial charge in [0.15, 0.2) is 0 Å². The lowest BCUT2D eigenvalue weighted by Crippen LogP contribution is -2.30. The highest BCUT2D eigenvalue weighted by molar-refractivity contribution is 5.60. The molecule has 0 saturated carbocycles. The lowest BCUT2D eigenvalue weighted by atomic mass is 10.0. The molecule has 98 valence electrons. The van der Waals surface area contributed by atoms with Gasteiger partial charge in [-0.3, -0.25) is 0 Å². The van der Waals surface area contributed by atoms with Gasteiger partial charge in [0.1, 0.15) is 11.8 Å². The molecule has 1 aromatic carbocycles. The summed E-state index contributed by atoms with van der Waals surface area (Å²) in [6, 6.07) is 7.71. The smallest absolute Gasteiger partial charge is 0.121 e. The second-order valence-electron chi connectivity index (χ2n) is 4.47. The summed E-state index contributed by atoms with van der Waals surface area (Å²) in [6.45, 7) is 4.82. The molecule has 1 N–H and O–H groups in total. The first-order valence-electron chi connectivity index (χ1n) is 5.96. The van der Waals surface area contributed by atoms with E-state index in [0.29, 0.717) is 18.1 Å². The molecule has 0 aliphatic rings. The molecule has 1 rings (SSSR count). The minimum absolute atomic E-state index is 0.161. The van der Waals surface area contributed by atoms with E-state index >= 15 is 0 Å². The average Bonchev–Trinajstić information content (AvgIpc) is 2.37. The fourth-order valence-corrected chi connectivity index (χ4v) is 1.65. The van der Waals surface area contributed by atoms with Gasteiger partial charge in [-0.1, -0.05) is 13.8 Å². The van der Waals surface area contributed by atoms with Crippen molar-refractivity contribution in [3.05, 3.63) is 23.8 Å². The van der Waals surface area contributed by atoms with Gasteiger partial charge in [-0.25, -0.2) is 0 Å². The predicted molar refractivity (Wildman–Crippen MR) is 71.8 cm³/mol. The molecule has 0 aromatic heterocycles. The van der Waals surface area contributed by atoms with Crippen molar-refractivity contribution in [2.24, 2.45) is 5.92 Å². The SMILES string of the molecule is COCC(Nc1cc(OC)ccc1C#N)C(C)C. The molecule has 4 nitrogen and oxygen atoms in total. The Balaban J connectivity index is 2.96. The van der Waals surface area contributed by atoms with Gasteiger partial charge < -0.3 is 14.8 Å². The Morgan fingerprint density at radius 2 is 2.06 bits per heavy atom. The van der Waals surface area contributed by atoms with Crippen LogP contribution in [-0.4, -0.2) is 26.9 Å². The third-order valence-electron chi connectivity index (χ3n) is 2.84. The van der Waals surface area contributed by atoms with Gasteiger partial charge in [-0.05, 0) is 18.1 Å². The predicted octanol–water partition coefficient (Wildman–Crippen LogP) is 2.65. The summed E-state index contributed by atoms with van der Waals surface area (Å²) in [6.07, 6.45) is 0. The van der Waals surface area contributed by atoms with Gasteiger partial charge in [0.2, 0.25) is 0 Å². The monoisotopic (exact) mass is 248 g/mol. The molecule has 18 heavy (non-hydrogen) atoms. The second-order valence-corrected chi connectivity index (χ2v) is 4.47. The van der Waals surface area contributed by atoms with Gasteiger partial charge >= 0.3 is 0 Å². The minimum atomic E-state index is 0.161. The molecule has 0 radical (unpaired) electrons. The van der Waals surface area contributed by atoms with Crippen LogP contribution in [0.1, 0.15) is 19.4 Å². The van der Waals surface area contributed by atoms with Crippen LogP contribution >= 0.6 is 0 Å². The second kappa shape index (κ2) is 6.87. The van der Waals surface area contributed by atoms with E-state index < -0.39 is 0 Å². The fraction of sp³-hybridized carbons (Fsp3) is 0.500. The number of ether oxygens (including phenoxy) is 2. The third kappa shape index (κ3) is 3.64. The quantitative estimate of drug-likeness (QED) is 0.841. The molecule has 0 fully saturated rings. The molecule has 1 aromatic rings. The third-order valence-corrected chi connectivity index (χ3v) is 2.84. The molecule has 0 saturated heterocycles. The summed E-state index contributed by atoms with van der Waals surface area (Å²) in [7, 11) is 3.29. The zero-order chi connectivity index (χ0) is 13.5. The van der Waals surface area contributed by atoms with Crippen LogP contribution in [0.4, 0.5) is 5.69 Å². The number of nitrogens with one attached hydrogen (secondary N) is 1. The highest BCUT2D eigenvalue weighted by Crippen LogP contribution is 2.23. The number of methoxy groups -OCH3 is 2. The van der Waals surface area contributed by atoms with Gasteiger partial charge in [0, 0.05) is 13.2 Å². The van der Waals surface area contributed by atoms with Crippen LogP contribution in [0.2, 0.25) is 0 Å². The van der Waals surface area contributed by atoms with Crippen LogP contribution in [-0.2, 0) is 4.74 Å². The van der Waals surface area contributed by atoms with Crippen molar-refractivity contribution in [2.75, 3.05) is 26.1 Å². The number of hydrogen-bond donors (Lipinski definition) is 1. The summed E-state index contributed by atoms with van der Waals surface area (Å²) in [5, 5.41) is 12.4. The molecule has 0 aliphatic carbocycles. The molecule has 4 heteroatoms. The van der Waals surface area contributed by atoms with E-state index in [4.69, 9.17) is 14.7 Å². The molecule has 0 aliphatic heterocycles. The summed E-state index contributed by atoms with van der Waals surface area (Å²) >= 11 is 0. The molecule has 0 bridgehead atoms. The lowest BCUT2D eigenvalue weighted by Gasteiger charge is -2.23. The number of nitrogens with zero attached hydrogens (tertiary/aromatic N) is 1. The van der Waals surface area contributed by atoms with Crippen molar-refractivity contribution in [1.82, 2.24) is 0 Å². The maximum absolute atomic E-state index is 9.10. The summed E-state index contributed by atoms with van der Waals surface area (Å²) in [5.74, 6) is 1.14. The minimum Gasteiger partial charge on any atom is -0.497 e. The Bertz CT molecular complexity index is 424. The number of hydrogen-bond acceptors (Lipinski definition) is 4. The van der Waals surface area contributed by atoms with Crippen molar-refractivity contribution in [1.29, 1.82) is 5.26 Å². The molecule has 0 amide bonds. The van der Waals surface area contributed by atoms with E-state index in [0.717, 1.165) is 11.4 Å². The number of benzene rings is 1. The van der Waals surface area contributed by atoms with Crippen molar-refractivity contribution < 1.29 is 9.47 Å². The maximum atomic E-state index is 9.10. The van der Waals surface area contributed by atoms with Crippen LogP contribution < -0.4 is 10.1 Å². The number of nitriles is 1. The lowest BCUT2D eigenvalue weighted by molar-refractivity contribution is 0.171. The van der Waals surface area contributed by atoms with Gasteiger partial charge in [-0.2, -0.15) is 5.26 Å². The highest BCUT2D eigenvalue weighted by Gasteiger charge is 2.15. The van der Waals surface area contributed by atoms with E-state index in [-0.39, 0.29) is 6.04 Å². The van der Waals surface area contributed by atoms with Crippen molar-refractivity contribution in [3.63, 3.8) is 0 Å². The standard InChI is InChI=1S/C14H20N2O2/c1-10(2)14(9-17-3)16-13-7-12(18-4)6-5-11(13)8-15/h5-7,10,14,16H,9H2,1-4H3. The zero-order valence-electron chi connectivity index (χ0n) is 11.4. The van der Waals surface area contributed by atoms with Crippen molar-refractivity contribution in [3.8, 4) is 11.8 Å². The van der Waals surface area contributed by atoms with Crippen molar-refractivity contribution in [2.45, 2.75) is 19.9 Å². The normalized spacial score (nSPS) is 12.0. The number of rotatable bonds is 6.